The van der Waals surface area contributed by atoms with Gasteiger partial charge in [-0.3, -0.25) is 4.79 Å². The minimum atomic E-state index is -0.437. The molecule has 1 N–H and O–H groups in total. The van der Waals surface area contributed by atoms with Crippen LogP contribution < -0.4 is 24.4 Å². The van der Waals surface area contributed by atoms with Crippen molar-refractivity contribution < 1.29 is 28.5 Å². The summed E-state index contributed by atoms with van der Waals surface area (Å²) in [6.07, 6.45) is 4.15. The maximum absolute atomic E-state index is 12.9. The third-order valence-corrected chi connectivity index (χ3v) is 5.75. The first-order valence-electron chi connectivity index (χ1n) is 11.1. The van der Waals surface area contributed by atoms with Crippen LogP contribution in [-0.4, -0.2) is 53.4 Å². The van der Waals surface area contributed by atoms with Gasteiger partial charge in [-0.05, 0) is 61.6 Å². The second kappa shape index (κ2) is 11.4. The molecule has 0 unspecified atom stereocenters. The van der Waals surface area contributed by atoms with Crippen LogP contribution >= 0.6 is 0 Å². The first kappa shape index (κ1) is 24.2. The highest BCUT2D eigenvalue weighted by molar-refractivity contribution is 5.98. The average Bonchev–Trinajstić information content (AvgIpc) is 2.86. The summed E-state index contributed by atoms with van der Waals surface area (Å²) in [5.41, 5.74) is 2.83. The molecule has 1 aliphatic heterocycles. The van der Waals surface area contributed by atoms with Crippen molar-refractivity contribution in [1.29, 1.82) is 0 Å². The van der Waals surface area contributed by atoms with E-state index in [0.29, 0.717) is 34.9 Å². The second-order valence-corrected chi connectivity index (χ2v) is 7.85. The van der Waals surface area contributed by atoms with Crippen LogP contribution in [0.25, 0.3) is 0 Å². The minimum Gasteiger partial charge on any atom is -0.493 e. The molecule has 0 spiro atoms. The average molecular weight is 457 g/mol. The predicted molar refractivity (Wildman–Crippen MR) is 127 cm³/mol. The van der Waals surface area contributed by atoms with Crippen LogP contribution in [0.5, 0.6) is 17.2 Å². The van der Waals surface area contributed by atoms with E-state index in [1.165, 1.54) is 13.5 Å². The lowest BCUT2D eigenvalue weighted by Gasteiger charge is -2.30. The molecule has 2 aromatic carbocycles. The zero-order valence-corrected chi connectivity index (χ0v) is 19.7. The fourth-order valence-corrected chi connectivity index (χ4v) is 4.04. The summed E-state index contributed by atoms with van der Waals surface area (Å²) in [7, 11) is 6.01. The molecule has 2 aromatic rings. The summed E-state index contributed by atoms with van der Waals surface area (Å²) in [6.45, 7) is 1.84. The number of carbonyl (C=O) groups is 2. The highest BCUT2D eigenvalue weighted by Gasteiger charge is 2.19. The molecule has 3 rings (SSSR count). The molecule has 0 aliphatic carbocycles. The van der Waals surface area contributed by atoms with E-state index in [4.69, 9.17) is 18.9 Å². The maximum Gasteiger partial charge on any atom is 0.337 e. The van der Waals surface area contributed by atoms with E-state index in [1.807, 2.05) is 18.2 Å². The molecule has 178 valence electrons. The van der Waals surface area contributed by atoms with Crippen molar-refractivity contribution in [2.24, 2.45) is 0 Å². The monoisotopic (exact) mass is 456 g/mol. The van der Waals surface area contributed by atoms with Crippen LogP contribution in [0.15, 0.2) is 30.3 Å². The van der Waals surface area contributed by atoms with Gasteiger partial charge in [0.1, 0.15) is 0 Å². The zero-order valence-electron chi connectivity index (χ0n) is 19.7. The van der Waals surface area contributed by atoms with E-state index >= 15 is 0 Å². The Hall–Kier alpha value is -3.42. The van der Waals surface area contributed by atoms with E-state index in [2.05, 4.69) is 10.2 Å². The van der Waals surface area contributed by atoms with Crippen molar-refractivity contribution in [3.05, 3.63) is 41.5 Å². The number of nitrogens with zero attached hydrogens (tertiary/aromatic N) is 1. The number of anilines is 2. The Balaban J connectivity index is 1.77. The lowest BCUT2D eigenvalue weighted by Crippen LogP contribution is -2.30. The third-order valence-electron chi connectivity index (χ3n) is 5.75. The normalized spacial score (nSPS) is 13.3. The van der Waals surface area contributed by atoms with Crippen LogP contribution in [-0.2, 0) is 16.0 Å². The number of amides is 1. The molecule has 1 saturated heterocycles. The smallest absolute Gasteiger partial charge is 0.337 e. The quantitative estimate of drug-likeness (QED) is 0.570. The van der Waals surface area contributed by atoms with Crippen LogP contribution in [0, 0.1) is 0 Å². The first-order chi connectivity index (χ1) is 16.0. The van der Waals surface area contributed by atoms with Gasteiger partial charge in [0.25, 0.3) is 0 Å². The SMILES string of the molecule is COC(=O)c1ccc(N2CCCCC2)c(NC(=O)CCc2cc(OC)c(OC)c(OC)c2)c1. The number of ether oxygens (including phenoxy) is 4. The first-order valence-corrected chi connectivity index (χ1v) is 11.1. The molecule has 1 amide bonds. The maximum atomic E-state index is 12.9. The Morgan fingerprint density at radius 1 is 0.909 bits per heavy atom. The number of hydrogen-bond donors (Lipinski definition) is 1. The number of carbonyl (C=O) groups excluding carboxylic acids is 2. The Labute approximate surface area is 194 Å². The molecule has 33 heavy (non-hydrogen) atoms. The summed E-state index contributed by atoms with van der Waals surface area (Å²) < 4.78 is 21.0. The Kier molecular flexibility index (Phi) is 8.40. The minimum absolute atomic E-state index is 0.149. The van der Waals surface area contributed by atoms with E-state index in [9.17, 15) is 9.59 Å². The highest BCUT2D eigenvalue weighted by Crippen LogP contribution is 2.38. The van der Waals surface area contributed by atoms with E-state index in [1.54, 1.807) is 33.5 Å². The zero-order chi connectivity index (χ0) is 23.8. The molecule has 0 atom stereocenters. The predicted octanol–water partition coefficient (Wildman–Crippen LogP) is 4.06. The van der Waals surface area contributed by atoms with Crippen LogP contribution in [0.3, 0.4) is 0 Å². The van der Waals surface area contributed by atoms with Gasteiger partial charge in [-0.25, -0.2) is 4.79 Å². The molecule has 1 aliphatic rings. The molecule has 0 radical (unpaired) electrons. The largest absolute Gasteiger partial charge is 0.493 e. The molecular weight excluding hydrogens is 424 g/mol. The molecule has 1 fully saturated rings. The lowest BCUT2D eigenvalue weighted by molar-refractivity contribution is -0.116. The number of hydrogen-bond acceptors (Lipinski definition) is 7. The Bertz CT molecular complexity index is 960. The molecule has 0 aromatic heterocycles. The molecule has 8 heteroatoms. The van der Waals surface area contributed by atoms with Gasteiger partial charge in [0.2, 0.25) is 11.7 Å². The van der Waals surface area contributed by atoms with Gasteiger partial charge in [0.15, 0.2) is 11.5 Å². The number of methoxy groups -OCH3 is 4. The second-order valence-electron chi connectivity index (χ2n) is 7.85. The van der Waals surface area contributed by atoms with Crippen LogP contribution in [0.1, 0.15) is 41.6 Å². The van der Waals surface area contributed by atoms with Gasteiger partial charge in [0, 0.05) is 19.5 Å². The summed E-state index contributed by atoms with van der Waals surface area (Å²) in [4.78, 5) is 27.2. The number of piperidine rings is 1. The summed E-state index contributed by atoms with van der Waals surface area (Å²) in [5, 5.41) is 3.00. The fraction of sp³-hybridized carbons (Fsp3) is 0.440. The lowest BCUT2D eigenvalue weighted by atomic mass is 10.1. The number of benzene rings is 2. The number of esters is 1. The van der Waals surface area contributed by atoms with Gasteiger partial charge >= 0.3 is 5.97 Å². The van der Waals surface area contributed by atoms with Gasteiger partial charge < -0.3 is 29.2 Å². The molecule has 8 nitrogen and oxygen atoms in total. The highest BCUT2D eigenvalue weighted by atomic mass is 16.5. The molecule has 0 saturated carbocycles. The molecular formula is C25H32N2O6. The standard InChI is InChI=1S/C25H32N2O6/c1-30-21-14-17(15-22(31-2)24(21)32-3)8-11-23(28)26-19-16-18(25(29)33-4)9-10-20(19)27-12-6-5-7-13-27/h9-10,14-16H,5-8,11-13H2,1-4H3,(H,26,28). The van der Waals surface area contributed by atoms with Gasteiger partial charge in [-0.15, -0.1) is 0 Å². The van der Waals surface area contributed by atoms with Crippen molar-refractivity contribution in [2.45, 2.75) is 32.1 Å². The van der Waals surface area contributed by atoms with E-state index < -0.39 is 5.97 Å². The topological polar surface area (TPSA) is 86.3 Å². The summed E-state index contributed by atoms with van der Waals surface area (Å²) in [5.74, 6) is 1.02. The molecule has 1 heterocycles. The van der Waals surface area contributed by atoms with Crippen molar-refractivity contribution in [1.82, 2.24) is 0 Å². The van der Waals surface area contributed by atoms with Crippen LogP contribution in [0.2, 0.25) is 0 Å². The van der Waals surface area contributed by atoms with Gasteiger partial charge in [-0.2, -0.15) is 0 Å². The van der Waals surface area contributed by atoms with E-state index in [-0.39, 0.29) is 12.3 Å². The Morgan fingerprint density at radius 2 is 1.58 bits per heavy atom. The van der Waals surface area contributed by atoms with Crippen molar-refractivity contribution >= 4 is 23.3 Å². The van der Waals surface area contributed by atoms with Crippen molar-refractivity contribution in [2.75, 3.05) is 51.7 Å². The third kappa shape index (κ3) is 5.88. The number of nitrogens with one attached hydrogen (secondary N) is 1. The van der Waals surface area contributed by atoms with Crippen molar-refractivity contribution in [3.8, 4) is 17.2 Å². The molecule has 0 bridgehead atoms. The number of aryl methyl sites for hydroxylation is 1. The summed E-state index contributed by atoms with van der Waals surface area (Å²) >= 11 is 0. The Morgan fingerprint density at radius 3 is 2.15 bits per heavy atom. The van der Waals surface area contributed by atoms with Gasteiger partial charge in [0.05, 0.1) is 45.4 Å². The van der Waals surface area contributed by atoms with Gasteiger partial charge in [-0.1, -0.05) is 0 Å². The van der Waals surface area contributed by atoms with E-state index in [0.717, 1.165) is 37.2 Å². The van der Waals surface area contributed by atoms with Crippen LogP contribution in [0.4, 0.5) is 11.4 Å². The summed E-state index contributed by atoms with van der Waals surface area (Å²) in [6, 6.07) is 8.98. The fourth-order valence-electron chi connectivity index (χ4n) is 4.04. The number of rotatable bonds is 9. The van der Waals surface area contributed by atoms with Crippen molar-refractivity contribution in [3.63, 3.8) is 0 Å².